The van der Waals surface area contributed by atoms with Crippen LogP contribution < -0.4 is 5.32 Å². The van der Waals surface area contributed by atoms with Crippen LogP contribution in [0.5, 0.6) is 0 Å². The van der Waals surface area contributed by atoms with Crippen LogP contribution in [0.4, 0.5) is 13.2 Å². The molecule has 0 aliphatic heterocycles. The third-order valence-electron chi connectivity index (χ3n) is 7.03. The summed E-state index contributed by atoms with van der Waals surface area (Å²) in [5.41, 5.74) is 0.146. The predicted molar refractivity (Wildman–Crippen MR) is 98.7 cm³/mol. The molecule has 27 heavy (non-hydrogen) atoms. The van der Waals surface area contributed by atoms with Gasteiger partial charge in [0.25, 0.3) is 0 Å². The highest BCUT2D eigenvalue weighted by atomic mass is 19.4. The zero-order valence-corrected chi connectivity index (χ0v) is 15.6. The standard InChI is InChI=1S/C22H26F3NO/c1-14(21-11-16-8-17(12-21)10-18(9-16)13-21)26-20(27)7-4-15-2-5-19(6-3-15)22(23,24)25/h2-7,14,16-18H,8-13H2,1H3,(H,26,27). The molecule has 1 N–H and O–H groups in total. The van der Waals surface area contributed by atoms with Crippen molar-refractivity contribution in [2.45, 2.75) is 57.7 Å². The first-order valence-electron chi connectivity index (χ1n) is 9.89. The lowest BCUT2D eigenvalue weighted by Crippen LogP contribution is -2.55. The minimum Gasteiger partial charge on any atom is -0.350 e. The summed E-state index contributed by atoms with van der Waals surface area (Å²) in [4.78, 5) is 12.4. The first-order chi connectivity index (χ1) is 12.7. The smallest absolute Gasteiger partial charge is 0.350 e. The summed E-state index contributed by atoms with van der Waals surface area (Å²) in [7, 11) is 0. The van der Waals surface area contributed by atoms with Crippen molar-refractivity contribution in [3.8, 4) is 0 Å². The number of alkyl halides is 3. The highest BCUT2D eigenvalue weighted by Crippen LogP contribution is 2.61. The number of benzene rings is 1. The molecule has 4 saturated carbocycles. The van der Waals surface area contributed by atoms with Crippen LogP contribution in [-0.4, -0.2) is 11.9 Å². The minimum absolute atomic E-state index is 0.135. The maximum atomic E-state index is 12.6. The van der Waals surface area contributed by atoms with Gasteiger partial charge in [-0.1, -0.05) is 12.1 Å². The van der Waals surface area contributed by atoms with E-state index in [2.05, 4.69) is 12.2 Å². The van der Waals surface area contributed by atoms with Crippen LogP contribution in [-0.2, 0) is 11.0 Å². The minimum atomic E-state index is -4.34. The van der Waals surface area contributed by atoms with Gasteiger partial charge in [-0.15, -0.1) is 0 Å². The Kier molecular flexibility index (Phi) is 4.59. The van der Waals surface area contributed by atoms with E-state index >= 15 is 0 Å². The number of amides is 1. The van der Waals surface area contributed by atoms with Gasteiger partial charge in [0.15, 0.2) is 0 Å². The van der Waals surface area contributed by atoms with Crippen LogP contribution >= 0.6 is 0 Å². The Balaban J connectivity index is 1.37. The van der Waals surface area contributed by atoms with E-state index in [-0.39, 0.29) is 17.4 Å². The number of carbonyl (C=O) groups excluding carboxylic acids is 1. The van der Waals surface area contributed by atoms with E-state index in [1.165, 1.54) is 56.7 Å². The molecule has 0 radical (unpaired) electrons. The maximum absolute atomic E-state index is 12.6. The number of halogens is 3. The van der Waals surface area contributed by atoms with E-state index < -0.39 is 11.7 Å². The normalized spacial score (nSPS) is 33.4. The Labute approximate surface area is 158 Å². The molecule has 146 valence electrons. The maximum Gasteiger partial charge on any atom is 0.416 e. The van der Waals surface area contributed by atoms with Gasteiger partial charge in [0.05, 0.1) is 5.56 Å². The Morgan fingerprint density at radius 1 is 1.07 bits per heavy atom. The lowest BCUT2D eigenvalue weighted by molar-refractivity contribution is -0.137. The summed E-state index contributed by atoms with van der Waals surface area (Å²) in [6.07, 6.45) is 6.44. The van der Waals surface area contributed by atoms with Gasteiger partial charge < -0.3 is 5.32 Å². The fourth-order valence-electron chi connectivity index (χ4n) is 6.08. The second kappa shape index (κ2) is 6.68. The molecule has 1 aromatic carbocycles. The molecule has 4 fully saturated rings. The average Bonchev–Trinajstić information content (AvgIpc) is 2.58. The Morgan fingerprint density at radius 2 is 1.59 bits per heavy atom. The molecule has 0 spiro atoms. The van der Waals surface area contributed by atoms with Crippen LogP contribution in [0.25, 0.3) is 6.08 Å². The second-order valence-electron chi connectivity index (χ2n) is 8.96. The van der Waals surface area contributed by atoms with Crippen molar-refractivity contribution in [2.24, 2.45) is 23.2 Å². The van der Waals surface area contributed by atoms with Crippen LogP contribution in [0.1, 0.15) is 56.6 Å². The molecule has 2 nitrogen and oxygen atoms in total. The lowest BCUT2D eigenvalue weighted by atomic mass is 9.48. The molecular weight excluding hydrogens is 351 g/mol. The number of carbonyl (C=O) groups is 1. The lowest BCUT2D eigenvalue weighted by Gasteiger charge is -2.59. The van der Waals surface area contributed by atoms with Crippen LogP contribution in [0, 0.1) is 23.2 Å². The van der Waals surface area contributed by atoms with Gasteiger partial charge in [-0.3, -0.25) is 4.79 Å². The quantitative estimate of drug-likeness (QED) is 0.696. The summed E-state index contributed by atoms with van der Waals surface area (Å²) >= 11 is 0. The highest BCUT2D eigenvalue weighted by molar-refractivity contribution is 5.91. The van der Waals surface area contributed by atoms with Crippen LogP contribution in [0.3, 0.4) is 0 Å². The summed E-state index contributed by atoms with van der Waals surface area (Å²) < 4.78 is 37.8. The third kappa shape index (κ3) is 3.78. The van der Waals surface area contributed by atoms with Crippen molar-refractivity contribution in [3.63, 3.8) is 0 Å². The van der Waals surface area contributed by atoms with Crippen molar-refractivity contribution in [2.75, 3.05) is 0 Å². The van der Waals surface area contributed by atoms with Crippen molar-refractivity contribution in [1.29, 1.82) is 0 Å². The molecule has 0 aromatic heterocycles. The molecule has 5 heteroatoms. The summed E-state index contributed by atoms with van der Waals surface area (Å²) in [5.74, 6) is 2.33. The molecule has 1 aromatic rings. The zero-order valence-electron chi connectivity index (χ0n) is 15.6. The molecule has 1 atom stereocenters. The van der Waals surface area contributed by atoms with Gasteiger partial charge in [-0.05, 0) is 92.4 Å². The van der Waals surface area contributed by atoms with E-state index in [0.29, 0.717) is 5.56 Å². The molecule has 1 amide bonds. The van der Waals surface area contributed by atoms with Crippen LogP contribution in [0.15, 0.2) is 30.3 Å². The largest absolute Gasteiger partial charge is 0.416 e. The van der Waals surface area contributed by atoms with Crippen molar-refractivity contribution >= 4 is 12.0 Å². The Hall–Kier alpha value is -1.78. The van der Waals surface area contributed by atoms with Crippen molar-refractivity contribution in [3.05, 3.63) is 41.5 Å². The molecule has 0 heterocycles. The second-order valence-corrected chi connectivity index (χ2v) is 8.96. The third-order valence-corrected chi connectivity index (χ3v) is 7.03. The van der Waals surface area contributed by atoms with Gasteiger partial charge in [0.1, 0.15) is 0 Å². The first kappa shape index (κ1) is 18.6. The molecule has 4 aliphatic rings. The first-order valence-corrected chi connectivity index (χ1v) is 9.89. The summed E-state index contributed by atoms with van der Waals surface area (Å²) in [5, 5.41) is 3.14. The monoisotopic (exact) mass is 377 g/mol. The molecule has 4 aliphatic carbocycles. The van der Waals surface area contributed by atoms with Gasteiger partial charge in [0, 0.05) is 12.1 Å². The van der Waals surface area contributed by atoms with E-state index in [1.54, 1.807) is 6.08 Å². The highest BCUT2D eigenvalue weighted by Gasteiger charge is 2.53. The fourth-order valence-corrected chi connectivity index (χ4v) is 6.08. The van der Waals surface area contributed by atoms with Gasteiger partial charge in [-0.25, -0.2) is 0 Å². The molecule has 1 unspecified atom stereocenters. The topological polar surface area (TPSA) is 29.1 Å². The zero-order chi connectivity index (χ0) is 19.2. The van der Waals surface area contributed by atoms with Crippen LogP contribution in [0.2, 0.25) is 0 Å². The average molecular weight is 377 g/mol. The number of rotatable bonds is 4. The summed E-state index contributed by atoms with van der Waals surface area (Å²) in [6, 6.07) is 4.98. The number of hydrogen-bond acceptors (Lipinski definition) is 1. The molecular formula is C22H26F3NO. The molecule has 0 saturated heterocycles. The van der Waals surface area contributed by atoms with Crippen molar-refractivity contribution < 1.29 is 18.0 Å². The number of nitrogens with one attached hydrogen (secondary N) is 1. The number of hydrogen-bond donors (Lipinski definition) is 1. The summed E-state index contributed by atoms with van der Waals surface area (Å²) in [6.45, 7) is 2.12. The van der Waals surface area contributed by atoms with E-state index in [0.717, 1.165) is 29.9 Å². The van der Waals surface area contributed by atoms with E-state index in [4.69, 9.17) is 0 Å². The van der Waals surface area contributed by atoms with Crippen molar-refractivity contribution in [1.82, 2.24) is 5.32 Å². The molecule has 4 bridgehead atoms. The van der Waals surface area contributed by atoms with Gasteiger partial charge >= 0.3 is 6.18 Å². The van der Waals surface area contributed by atoms with Gasteiger partial charge in [-0.2, -0.15) is 13.2 Å². The fraction of sp³-hybridized carbons (Fsp3) is 0.591. The Bertz CT molecular complexity index is 700. The Morgan fingerprint density at radius 3 is 2.07 bits per heavy atom. The molecule has 5 rings (SSSR count). The van der Waals surface area contributed by atoms with E-state index in [9.17, 15) is 18.0 Å². The van der Waals surface area contributed by atoms with E-state index in [1.807, 2.05) is 0 Å². The predicted octanol–water partition coefficient (Wildman–Crippen LogP) is 5.44. The van der Waals surface area contributed by atoms with Gasteiger partial charge in [0.2, 0.25) is 5.91 Å². The SMILES string of the molecule is CC(NC(=O)C=Cc1ccc(C(F)(F)F)cc1)C12CC3CC(CC(C3)C1)C2.